The number of likely N-dealkylation sites (tertiary alicyclic amines) is 1. The Bertz CT molecular complexity index is 464. The minimum Gasteiger partial charge on any atom is -0.399 e. The largest absolute Gasteiger partial charge is 0.399 e. The van der Waals surface area contributed by atoms with Gasteiger partial charge in [0.25, 0.3) is 0 Å². The van der Waals surface area contributed by atoms with E-state index in [0.29, 0.717) is 17.3 Å². The maximum absolute atomic E-state index is 11.9. The molecule has 0 aliphatic carbocycles. The van der Waals surface area contributed by atoms with Gasteiger partial charge in [0, 0.05) is 24.3 Å². The molecule has 1 amide bonds. The minimum atomic E-state index is -0.0487. The monoisotopic (exact) mass is 281 g/mol. The Labute approximate surface area is 118 Å². The highest BCUT2D eigenvalue weighted by molar-refractivity contribution is 6.31. The molecule has 104 valence electrons. The van der Waals surface area contributed by atoms with Crippen molar-refractivity contribution in [3.8, 4) is 0 Å². The molecule has 1 saturated heterocycles. The first-order chi connectivity index (χ1) is 9.11. The molecule has 1 aliphatic heterocycles. The second-order valence-corrected chi connectivity index (χ2v) is 5.35. The van der Waals surface area contributed by atoms with Gasteiger partial charge in [0.05, 0.1) is 6.04 Å². The summed E-state index contributed by atoms with van der Waals surface area (Å²) in [6, 6.07) is 5.50. The highest BCUT2D eigenvalue weighted by atomic mass is 35.5. The van der Waals surface area contributed by atoms with Gasteiger partial charge in [-0.3, -0.25) is 9.69 Å². The second kappa shape index (κ2) is 6.26. The number of likely N-dealkylation sites (N-methyl/N-ethyl adjacent to an activating group) is 1. The SMILES string of the molecule is CNC(=O)C1CCCCN1Cc1ccc(N)cc1Cl. The zero-order valence-electron chi connectivity index (χ0n) is 11.2. The molecular weight excluding hydrogens is 262 g/mol. The van der Waals surface area contributed by atoms with Gasteiger partial charge in [0.2, 0.25) is 5.91 Å². The molecule has 0 saturated carbocycles. The highest BCUT2D eigenvalue weighted by Gasteiger charge is 2.28. The number of carbonyl (C=O) groups excluding carboxylic acids is 1. The third-order valence-corrected chi connectivity index (χ3v) is 3.97. The molecule has 1 atom stereocenters. The molecule has 19 heavy (non-hydrogen) atoms. The van der Waals surface area contributed by atoms with Gasteiger partial charge < -0.3 is 11.1 Å². The van der Waals surface area contributed by atoms with E-state index in [9.17, 15) is 4.79 Å². The summed E-state index contributed by atoms with van der Waals surface area (Å²) in [7, 11) is 1.69. The molecular formula is C14H20ClN3O. The van der Waals surface area contributed by atoms with Crippen molar-refractivity contribution >= 4 is 23.2 Å². The molecule has 1 unspecified atom stereocenters. The molecule has 1 aromatic rings. The molecule has 1 aromatic carbocycles. The third-order valence-electron chi connectivity index (χ3n) is 3.61. The molecule has 4 nitrogen and oxygen atoms in total. The van der Waals surface area contributed by atoms with Crippen molar-refractivity contribution in [1.82, 2.24) is 10.2 Å². The summed E-state index contributed by atoms with van der Waals surface area (Å²) in [6.07, 6.45) is 3.14. The van der Waals surface area contributed by atoms with Crippen molar-refractivity contribution < 1.29 is 4.79 Å². The molecule has 3 N–H and O–H groups in total. The molecule has 0 bridgehead atoms. The van der Waals surface area contributed by atoms with E-state index < -0.39 is 0 Å². The zero-order chi connectivity index (χ0) is 13.8. The summed E-state index contributed by atoms with van der Waals surface area (Å²) in [5.74, 6) is 0.0891. The number of hydrogen-bond donors (Lipinski definition) is 2. The van der Waals surface area contributed by atoms with Crippen LogP contribution in [-0.4, -0.2) is 30.4 Å². The van der Waals surface area contributed by atoms with Crippen LogP contribution in [0, 0.1) is 0 Å². The molecule has 0 aromatic heterocycles. The Balaban J connectivity index is 2.13. The fraction of sp³-hybridized carbons (Fsp3) is 0.500. The number of hydrogen-bond acceptors (Lipinski definition) is 3. The predicted molar refractivity (Wildman–Crippen MR) is 78.0 cm³/mol. The Morgan fingerprint density at radius 1 is 1.53 bits per heavy atom. The fourth-order valence-electron chi connectivity index (χ4n) is 2.55. The van der Waals surface area contributed by atoms with E-state index in [-0.39, 0.29) is 11.9 Å². The lowest BCUT2D eigenvalue weighted by Gasteiger charge is -2.34. The fourth-order valence-corrected chi connectivity index (χ4v) is 2.80. The van der Waals surface area contributed by atoms with Gasteiger partial charge in [-0.05, 0) is 37.1 Å². The van der Waals surface area contributed by atoms with Gasteiger partial charge >= 0.3 is 0 Å². The molecule has 1 aliphatic rings. The maximum Gasteiger partial charge on any atom is 0.237 e. The van der Waals surface area contributed by atoms with Crippen LogP contribution in [0.3, 0.4) is 0 Å². The van der Waals surface area contributed by atoms with Crippen LogP contribution in [0.1, 0.15) is 24.8 Å². The lowest BCUT2D eigenvalue weighted by molar-refractivity contribution is -0.127. The molecule has 1 heterocycles. The number of benzene rings is 1. The maximum atomic E-state index is 11.9. The second-order valence-electron chi connectivity index (χ2n) is 4.95. The topological polar surface area (TPSA) is 58.4 Å². The summed E-state index contributed by atoms with van der Waals surface area (Å²) < 4.78 is 0. The van der Waals surface area contributed by atoms with Gasteiger partial charge in [-0.1, -0.05) is 24.1 Å². The summed E-state index contributed by atoms with van der Waals surface area (Å²) in [4.78, 5) is 14.1. The van der Waals surface area contributed by atoms with Crippen LogP contribution in [0.15, 0.2) is 18.2 Å². The predicted octanol–water partition coefficient (Wildman–Crippen LogP) is 2.02. The first-order valence-corrected chi connectivity index (χ1v) is 6.99. The van der Waals surface area contributed by atoms with Gasteiger partial charge in [-0.15, -0.1) is 0 Å². The lowest BCUT2D eigenvalue weighted by atomic mass is 10.0. The number of piperidine rings is 1. The van der Waals surface area contributed by atoms with Crippen LogP contribution in [0.2, 0.25) is 5.02 Å². The number of halogens is 1. The molecule has 5 heteroatoms. The average molecular weight is 282 g/mol. The van der Waals surface area contributed by atoms with E-state index in [1.807, 2.05) is 12.1 Å². The van der Waals surface area contributed by atoms with Crippen molar-refractivity contribution in [2.75, 3.05) is 19.3 Å². The molecule has 1 fully saturated rings. The van der Waals surface area contributed by atoms with Crippen LogP contribution in [0.4, 0.5) is 5.69 Å². The summed E-state index contributed by atoms with van der Waals surface area (Å²) in [6.45, 7) is 1.62. The number of anilines is 1. The van der Waals surface area contributed by atoms with Crippen LogP contribution in [0.25, 0.3) is 0 Å². The summed E-state index contributed by atoms with van der Waals surface area (Å²) >= 11 is 6.20. The minimum absolute atomic E-state index is 0.0487. The first-order valence-electron chi connectivity index (χ1n) is 6.61. The summed E-state index contributed by atoms with van der Waals surface area (Å²) in [5, 5.41) is 3.41. The number of nitrogen functional groups attached to an aromatic ring is 1. The van der Waals surface area contributed by atoms with Gasteiger partial charge in [-0.2, -0.15) is 0 Å². The van der Waals surface area contributed by atoms with E-state index in [1.165, 1.54) is 0 Å². The Kier molecular flexibility index (Phi) is 4.66. The van der Waals surface area contributed by atoms with Gasteiger partial charge in [-0.25, -0.2) is 0 Å². The standard InChI is InChI=1S/C14H20ClN3O/c1-17-14(19)13-4-2-3-7-18(13)9-10-5-6-11(16)8-12(10)15/h5-6,8,13H,2-4,7,9,16H2,1H3,(H,17,19). The number of carbonyl (C=O) groups is 1. The Morgan fingerprint density at radius 3 is 3.00 bits per heavy atom. The number of nitrogens with one attached hydrogen (secondary N) is 1. The molecule has 0 spiro atoms. The first kappa shape index (κ1) is 14.2. The number of rotatable bonds is 3. The quantitative estimate of drug-likeness (QED) is 0.834. The van der Waals surface area contributed by atoms with E-state index in [4.69, 9.17) is 17.3 Å². The number of nitrogens with zero attached hydrogens (tertiary/aromatic N) is 1. The number of amides is 1. The van der Waals surface area contributed by atoms with E-state index >= 15 is 0 Å². The molecule has 2 rings (SSSR count). The van der Waals surface area contributed by atoms with Gasteiger partial charge in [0.15, 0.2) is 0 Å². The van der Waals surface area contributed by atoms with E-state index in [1.54, 1.807) is 13.1 Å². The van der Waals surface area contributed by atoms with Crippen LogP contribution in [0.5, 0.6) is 0 Å². The van der Waals surface area contributed by atoms with Crippen LogP contribution >= 0.6 is 11.6 Å². The highest BCUT2D eigenvalue weighted by Crippen LogP contribution is 2.24. The average Bonchev–Trinajstić information content (AvgIpc) is 2.41. The lowest BCUT2D eigenvalue weighted by Crippen LogP contribution is -2.48. The van der Waals surface area contributed by atoms with Crippen molar-refractivity contribution in [2.24, 2.45) is 0 Å². The molecule has 0 radical (unpaired) electrons. The van der Waals surface area contributed by atoms with Crippen molar-refractivity contribution in [1.29, 1.82) is 0 Å². The zero-order valence-corrected chi connectivity index (χ0v) is 11.9. The van der Waals surface area contributed by atoms with E-state index in [2.05, 4.69) is 10.2 Å². The smallest absolute Gasteiger partial charge is 0.237 e. The number of nitrogens with two attached hydrogens (primary N) is 1. The van der Waals surface area contributed by atoms with Crippen molar-refractivity contribution in [2.45, 2.75) is 31.8 Å². The third kappa shape index (κ3) is 3.39. The Hall–Kier alpha value is -1.26. The summed E-state index contributed by atoms with van der Waals surface area (Å²) in [5.41, 5.74) is 7.38. The van der Waals surface area contributed by atoms with Gasteiger partial charge in [0.1, 0.15) is 0 Å². The normalized spacial score (nSPS) is 20.2. The van der Waals surface area contributed by atoms with Crippen LogP contribution < -0.4 is 11.1 Å². The van der Waals surface area contributed by atoms with E-state index in [0.717, 1.165) is 31.4 Å². The van der Waals surface area contributed by atoms with Crippen LogP contribution in [-0.2, 0) is 11.3 Å². The Morgan fingerprint density at radius 2 is 2.32 bits per heavy atom. The van der Waals surface area contributed by atoms with Crippen molar-refractivity contribution in [3.63, 3.8) is 0 Å². The van der Waals surface area contributed by atoms with Crippen molar-refractivity contribution in [3.05, 3.63) is 28.8 Å².